The lowest BCUT2D eigenvalue weighted by Gasteiger charge is -2.42. The van der Waals surface area contributed by atoms with Crippen molar-refractivity contribution in [2.24, 2.45) is 17.6 Å². The molecule has 2 heteroatoms. The molecule has 2 fully saturated rings. The quantitative estimate of drug-likeness (QED) is 0.734. The van der Waals surface area contributed by atoms with Crippen LogP contribution in [0.25, 0.3) is 0 Å². The van der Waals surface area contributed by atoms with Crippen LogP contribution in [0.4, 0.5) is 0 Å². The molecule has 3 unspecified atom stereocenters. The smallest absolute Gasteiger partial charge is 0.0138 e. The summed E-state index contributed by atoms with van der Waals surface area (Å²) in [5, 5.41) is 3.81. The average molecular weight is 210 g/mol. The van der Waals surface area contributed by atoms with Crippen LogP contribution in [0.5, 0.6) is 0 Å². The van der Waals surface area contributed by atoms with Crippen molar-refractivity contribution >= 4 is 0 Å². The van der Waals surface area contributed by atoms with Gasteiger partial charge in [0.25, 0.3) is 0 Å². The Bertz CT molecular complexity index is 187. The van der Waals surface area contributed by atoms with E-state index in [1.165, 1.54) is 44.9 Å². The molecule has 15 heavy (non-hydrogen) atoms. The van der Waals surface area contributed by atoms with E-state index in [9.17, 15) is 0 Å². The van der Waals surface area contributed by atoms with Crippen molar-refractivity contribution in [1.82, 2.24) is 5.32 Å². The lowest BCUT2D eigenvalue weighted by molar-refractivity contribution is 0.152. The third-order valence-corrected chi connectivity index (χ3v) is 4.42. The Hall–Kier alpha value is -0.0800. The molecule has 0 bridgehead atoms. The molecule has 3 N–H and O–H groups in total. The standard InChI is InChI=1S/C13H26N2/c1-10-7-8-12(9-14)13(15-10)11-5-3-2-4-6-11/h10-13,15H,2-9,14H2,1H3. The van der Waals surface area contributed by atoms with Gasteiger partial charge >= 0.3 is 0 Å². The first-order chi connectivity index (χ1) is 7.31. The second-order valence-electron chi connectivity index (χ2n) is 5.56. The lowest BCUT2D eigenvalue weighted by Crippen LogP contribution is -2.52. The summed E-state index contributed by atoms with van der Waals surface area (Å²) < 4.78 is 0. The molecule has 2 nitrogen and oxygen atoms in total. The van der Waals surface area contributed by atoms with Gasteiger partial charge in [0.1, 0.15) is 0 Å². The minimum Gasteiger partial charge on any atom is -0.330 e. The third kappa shape index (κ3) is 2.73. The molecule has 0 aromatic rings. The SMILES string of the molecule is CC1CCC(CN)C(C2CCCCC2)N1. The summed E-state index contributed by atoms with van der Waals surface area (Å²) in [6, 6.07) is 1.43. The van der Waals surface area contributed by atoms with Crippen LogP contribution in [-0.2, 0) is 0 Å². The van der Waals surface area contributed by atoms with Crippen LogP contribution in [0, 0.1) is 11.8 Å². The van der Waals surface area contributed by atoms with E-state index in [-0.39, 0.29) is 0 Å². The Morgan fingerprint density at radius 3 is 2.47 bits per heavy atom. The zero-order valence-corrected chi connectivity index (χ0v) is 10.0. The van der Waals surface area contributed by atoms with E-state index in [2.05, 4.69) is 12.2 Å². The molecule has 1 saturated heterocycles. The zero-order valence-electron chi connectivity index (χ0n) is 10.0. The molecular formula is C13H26N2. The van der Waals surface area contributed by atoms with Crippen LogP contribution in [0.15, 0.2) is 0 Å². The van der Waals surface area contributed by atoms with E-state index in [4.69, 9.17) is 5.73 Å². The fourth-order valence-electron chi connectivity index (χ4n) is 3.47. The molecule has 0 radical (unpaired) electrons. The van der Waals surface area contributed by atoms with Gasteiger partial charge in [0.05, 0.1) is 0 Å². The minimum atomic E-state index is 0.708. The third-order valence-electron chi connectivity index (χ3n) is 4.42. The number of hydrogen-bond acceptors (Lipinski definition) is 2. The number of piperidine rings is 1. The topological polar surface area (TPSA) is 38.0 Å². The van der Waals surface area contributed by atoms with Gasteiger partial charge in [0.2, 0.25) is 0 Å². The summed E-state index contributed by atoms with van der Waals surface area (Å²) in [5.41, 5.74) is 5.91. The second-order valence-corrected chi connectivity index (χ2v) is 5.56. The van der Waals surface area contributed by atoms with Crippen molar-refractivity contribution < 1.29 is 0 Å². The predicted octanol–water partition coefficient (Wildman–Crippen LogP) is 2.28. The van der Waals surface area contributed by atoms with Crippen molar-refractivity contribution in [3.63, 3.8) is 0 Å². The highest BCUT2D eigenvalue weighted by molar-refractivity contribution is 4.90. The van der Waals surface area contributed by atoms with Crippen LogP contribution >= 0.6 is 0 Å². The summed E-state index contributed by atoms with van der Waals surface area (Å²) in [4.78, 5) is 0. The Morgan fingerprint density at radius 2 is 1.80 bits per heavy atom. The maximum Gasteiger partial charge on any atom is 0.0138 e. The predicted molar refractivity (Wildman–Crippen MR) is 64.7 cm³/mol. The van der Waals surface area contributed by atoms with Crippen LogP contribution in [0.2, 0.25) is 0 Å². The minimum absolute atomic E-state index is 0.708. The molecule has 2 rings (SSSR count). The normalized spacial score (nSPS) is 39.2. The number of rotatable bonds is 2. The lowest BCUT2D eigenvalue weighted by atomic mass is 9.75. The fourth-order valence-corrected chi connectivity index (χ4v) is 3.47. The Labute approximate surface area is 94.0 Å². The van der Waals surface area contributed by atoms with Gasteiger partial charge in [-0.15, -0.1) is 0 Å². The van der Waals surface area contributed by atoms with Gasteiger partial charge in [-0.2, -0.15) is 0 Å². The largest absolute Gasteiger partial charge is 0.330 e. The molecular weight excluding hydrogens is 184 g/mol. The van der Waals surface area contributed by atoms with Crippen molar-refractivity contribution in [2.75, 3.05) is 6.54 Å². The van der Waals surface area contributed by atoms with Gasteiger partial charge in [0.15, 0.2) is 0 Å². The molecule has 3 atom stereocenters. The van der Waals surface area contributed by atoms with Crippen LogP contribution in [-0.4, -0.2) is 18.6 Å². The first kappa shape index (κ1) is 11.4. The molecule has 1 heterocycles. The van der Waals surface area contributed by atoms with Gasteiger partial charge in [-0.25, -0.2) is 0 Å². The van der Waals surface area contributed by atoms with E-state index < -0.39 is 0 Å². The first-order valence-corrected chi connectivity index (χ1v) is 6.77. The second kappa shape index (κ2) is 5.31. The molecule has 0 aromatic carbocycles. The molecule has 0 aromatic heterocycles. The van der Waals surface area contributed by atoms with Gasteiger partial charge < -0.3 is 11.1 Å². The highest BCUT2D eigenvalue weighted by atomic mass is 15.0. The zero-order chi connectivity index (χ0) is 10.7. The van der Waals surface area contributed by atoms with Gasteiger partial charge in [0, 0.05) is 12.1 Å². The van der Waals surface area contributed by atoms with Crippen LogP contribution in [0.3, 0.4) is 0 Å². The van der Waals surface area contributed by atoms with Crippen molar-refractivity contribution in [1.29, 1.82) is 0 Å². The van der Waals surface area contributed by atoms with E-state index in [0.717, 1.165) is 24.4 Å². The molecule has 0 amide bonds. The van der Waals surface area contributed by atoms with E-state index >= 15 is 0 Å². The Balaban J connectivity index is 1.95. The average Bonchev–Trinajstić information content (AvgIpc) is 2.30. The molecule has 1 saturated carbocycles. The van der Waals surface area contributed by atoms with Gasteiger partial charge in [-0.1, -0.05) is 19.3 Å². The Kier molecular flexibility index (Phi) is 4.04. The monoisotopic (exact) mass is 210 g/mol. The van der Waals surface area contributed by atoms with Crippen LogP contribution in [0.1, 0.15) is 51.9 Å². The molecule has 0 spiro atoms. The summed E-state index contributed by atoms with van der Waals surface area (Å²) in [7, 11) is 0. The maximum atomic E-state index is 5.91. The van der Waals surface area contributed by atoms with Gasteiger partial charge in [-0.05, 0) is 51.0 Å². The van der Waals surface area contributed by atoms with Crippen molar-refractivity contribution in [2.45, 2.75) is 64.0 Å². The van der Waals surface area contributed by atoms with E-state index in [0.29, 0.717) is 6.04 Å². The summed E-state index contributed by atoms with van der Waals surface area (Å²) >= 11 is 0. The van der Waals surface area contributed by atoms with Crippen LogP contribution < -0.4 is 11.1 Å². The first-order valence-electron chi connectivity index (χ1n) is 6.77. The van der Waals surface area contributed by atoms with E-state index in [1.807, 2.05) is 0 Å². The summed E-state index contributed by atoms with van der Waals surface area (Å²) in [6.07, 6.45) is 9.84. The van der Waals surface area contributed by atoms with E-state index in [1.54, 1.807) is 0 Å². The Morgan fingerprint density at radius 1 is 1.07 bits per heavy atom. The molecule has 1 aliphatic heterocycles. The van der Waals surface area contributed by atoms with Crippen molar-refractivity contribution in [3.05, 3.63) is 0 Å². The molecule has 1 aliphatic carbocycles. The van der Waals surface area contributed by atoms with Crippen molar-refractivity contribution in [3.8, 4) is 0 Å². The summed E-state index contributed by atoms with van der Waals surface area (Å²) in [6.45, 7) is 3.20. The summed E-state index contributed by atoms with van der Waals surface area (Å²) in [5.74, 6) is 1.65. The highest BCUT2D eigenvalue weighted by Gasteiger charge is 2.33. The number of nitrogens with one attached hydrogen (secondary N) is 1. The highest BCUT2D eigenvalue weighted by Crippen LogP contribution is 2.33. The molecule has 88 valence electrons. The number of hydrogen-bond donors (Lipinski definition) is 2. The number of nitrogens with two attached hydrogens (primary N) is 1. The molecule has 2 aliphatic rings. The maximum absolute atomic E-state index is 5.91. The fraction of sp³-hybridized carbons (Fsp3) is 1.00. The van der Waals surface area contributed by atoms with Gasteiger partial charge in [-0.3, -0.25) is 0 Å².